The Kier molecular flexibility index (Phi) is 5.35. The molecule has 20 heavy (non-hydrogen) atoms. The number of amides is 1. The Morgan fingerprint density at radius 3 is 2.45 bits per heavy atom. The molecular weight excluding hydrogens is 274 g/mol. The van der Waals surface area contributed by atoms with E-state index in [9.17, 15) is 9.59 Å². The van der Waals surface area contributed by atoms with Gasteiger partial charge in [0.2, 0.25) is 0 Å². The highest BCUT2D eigenvalue weighted by Gasteiger charge is 2.17. The molecular formula is C15H19NO3S. The number of carboxylic acids is 1. The van der Waals surface area contributed by atoms with Crippen LogP contribution in [0.2, 0.25) is 0 Å². The van der Waals surface area contributed by atoms with Crippen LogP contribution in [-0.2, 0) is 4.79 Å². The van der Waals surface area contributed by atoms with Gasteiger partial charge in [-0.05, 0) is 25.0 Å². The molecule has 5 heteroatoms. The average molecular weight is 293 g/mol. The summed E-state index contributed by atoms with van der Waals surface area (Å²) in [5.41, 5.74) is 0.667. The van der Waals surface area contributed by atoms with Crippen molar-refractivity contribution >= 4 is 29.3 Å². The van der Waals surface area contributed by atoms with E-state index in [1.165, 1.54) is 36.7 Å². The summed E-state index contributed by atoms with van der Waals surface area (Å²) in [6.07, 6.45) is 8.42. The van der Waals surface area contributed by atoms with Crippen LogP contribution in [0.4, 0.5) is 0 Å². The fourth-order valence-corrected chi connectivity index (χ4v) is 3.11. The summed E-state index contributed by atoms with van der Waals surface area (Å²) in [6.45, 7) is 1.66. The number of rotatable bonds is 3. The van der Waals surface area contributed by atoms with Gasteiger partial charge in [0.15, 0.2) is 0 Å². The smallest absolute Gasteiger partial charge is 0.328 e. The van der Waals surface area contributed by atoms with E-state index in [0.29, 0.717) is 5.56 Å². The van der Waals surface area contributed by atoms with E-state index in [-0.39, 0.29) is 5.91 Å². The lowest BCUT2D eigenvalue weighted by molar-refractivity contribution is -0.131. The molecule has 4 nitrogen and oxygen atoms in total. The number of likely N-dealkylation sites (tertiary alicyclic amines) is 1. The topological polar surface area (TPSA) is 57.6 Å². The molecule has 0 atom stereocenters. The highest BCUT2D eigenvalue weighted by molar-refractivity contribution is 7.11. The Labute approximate surface area is 122 Å². The summed E-state index contributed by atoms with van der Waals surface area (Å²) >= 11 is 1.40. The van der Waals surface area contributed by atoms with Gasteiger partial charge in [-0.2, -0.15) is 0 Å². The Bertz CT molecular complexity index is 499. The molecule has 0 spiro atoms. The van der Waals surface area contributed by atoms with Gasteiger partial charge in [0.1, 0.15) is 0 Å². The van der Waals surface area contributed by atoms with E-state index in [2.05, 4.69) is 0 Å². The van der Waals surface area contributed by atoms with E-state index in [1.54, 1.807) is 6.07 Å². The van der Waals surface area contributed by atoms with Crippen molar-refractivity contribution in [1.29, 1.82) is 0 Å². The molecule has 0 aliphatic carbocycles. The number of hydrogen-bond donors (Lipinski definition) is 1. The largest absolute Gasteiger partial charge is 0.478 e. The van der Waals surface area contributed by atoms with Crippen molar-refractivity contribution < 1.29 is 14.7 Å². The minimum Gasteiger partial charge on any atom is -0.478 e. The van der Waals surface area contributed by atoms with Crippen LogP contribution in [0.5, 0.6) is 0 Å². The second kappa shape index (κ2) is 7.24. The quantitative estimate of drug-likeness (QED) is 0.870. The van der Waals surface area contributed by atoms with Crippen molar-refractivity contribution in [1.82, 2.24) is 4.90 Å². The van der Waals surface area contributed by atoms with Crippen molar-refractivity contribution in [3.05, 3.63) is 28.0 Å². The highest BCUT2D eigenvalue weighted by Crippen LogP contribution is 2.19. The van der Waals surface area contributed by atoms with Gasteiger partial charge in [-0.1, -0.05) is 19.3 Å². The first-order valence-corrected chi connectivity index (χ1v) is 7.83. The molecule has 1 fully saturated rings. The molecule has 2 heterocycles. The number of hydrogen-bond acceptors (Lipinski definition) is 3. The summed E-state index contributed by atoms with van der Waals surface area (Å²) in [5, 5.41) is 10.4. The molecule has 1 aliphatic heterocycles. The van der Waals surface area contributed by atoms with E-state index in [4.69, 9.17) is 5.11 Å². The zero-order valence-electron chi connectivity index (χ0n) is 11.4. The molecule has 1 amide bonds. The van der Waals surface area contributed by atoms with Gasteiger partial charge in [-0.25, -0.2) is 4.79 Å². The zero-order valence-corrected chi connectivity index (χ0v) is 12.2. The number of carboxylic acid groups (broad SMARTS) is 1. The molecule has 0 unspecified atom stereocenters. The van der Waals surface area contributed by atoms with E-state index in [0.717, 1.165) is 36.9 Å². The second-order valence-corrected chi connectivity index (χ2v) is 5.91. The Balaban J connectivity index is 2.02. The number of aliphatic carboxylic acids is 1. The van der Waals surface area contributed by atoms with Crippen LogP contribution in [0.1, 0.15) is 47.3 Å². The number of carbonyl (C=O) groups excluding carboxylic acids is 1. The minimum absolute atomic E-state index is 0.0677. The third-order valence-electron chi connectivity index (χ3n) is 3.40. The van der Waals surface area contributed by atoms with Crippen molar-refractivity contribution in [3.63, 3.8) is 0 Å². The van der Waals surface area contributed by atoms with Crippen LogP contribution >= 0.6 is 11.3 Å². The van der Waals surface area contributed by atoms with E-state index in [1.807, 2.05) is 10.3 Å². The Morgan fingerprint density at radius 2 is 1.80 bits per heavy atom. The van der Waals surface area contributed by atoms with E-state index < -0.39 is 5.97 Å². The first-order valence-electron chi connectivity index (χ1n) is 6.95. The lowest BCUT2D eigenvalue weighted by Crippen LogP contribution is -2.33. The highest BCUT2D eigenvalue weighted by atomic mass is 32.1. The summed E-state index contributed by atoms with van der Waals surface area (Å²) in [5.74, 6) is -0.909. The third-order valence-corrected chi connectivity index (χ3v) is 4.30. The standard InChI is InChI=1S/C15H19NO3S/c17-14(18)7-6-13-10-12(11-20-13)15(19)16-8-4-2-1-3-5-9-16/h6-7,10-11H,1-5,8-9H2,(H,17,18). The normalized spacial score (nSPS) is 16.9. The lowest BCUT2D eigenvalue weighted by atomic mass is 10.1. The summed E-state index contributed by atoms with van der Waals surface area (Å²) in [4.78, 5) is 25.6. The number of nitrogens with zero attached hydrogens (tertiary/aromatic N) is 1. The van der Waals surface area contributed by atoms with Crippen molar-refractivity contribution in [2.75, 3.05) is 13.1 Å². The van der Waals surface area contributed by atoms with Gasteiger partial charge < -0.3 is 10.0 Å². The van der Waals surface area contributed by atoms with Crippen molar-refractivity contribution in [3.8, 4) is 0 Å². The predicted octanol–water partition coefficient (Wildman–Crippen LogP) is 3.25. The van der Waals surface area contributed by atoms with Crippen LogP contribution in [0.25, 0.3) is 6.08 Å². The lowest BCUT2D eigenvalue weighted by Gasteiger charge is -2.24. The number of carbonyl (C=O) groups is 2. The van der Waals surface area contributed by atoms with Gasteiger partial charge in [-0.15, -0.1) is 11.3 Å². The zero-order chi connectivity index (χ0) is 14.4. The first kappa shape index (κ1) is 14.8. The van der Waals surface area contributed by atoms with Crippen LogP contribution in [-0.4, -0.2) is 35.0 Å². The van der Waals surface area contributed by atoms with Crippen molar-refractivity contribution in [2.45, 2.75) is 32.1 Å². The third kappa shape index (κ3) is 4.20. The fourth-order valence-electron chi connectivity index (χ4n) is 2.34. The maximum atomic E-state index is 12.4. The fraction of sp³-hybridized carbons (Fsp3) is 0.467. The molecule has 0 saturated carbocycles. The SMILES string of the molecule is O=C(O)C=Cc1cc(C(=O)N2CCCCCCC2)cs1. The van der Waals surface area contributed by atoms with Gasteiger partial charge >= 0.3 is 5.97 Å². The molecule has 108 valence electrons. The van der Waals surface area contributed by atoms with Crippen LogP contribution in [0.15, 0.2) is 17.5 Å². The average Bonchev–Trinajstić information content (AvgIpc) is 2.84. The van der Waals surface area contributed by atoms with Gasteiger partial charge in [0.05, 0.1) is 5.56 Å². The molecule has 1 N–H and O–H groups in total. The van der Waals surface area contributed by atoms with Crippen LogP contribution in [0, 0.1) is 0 Å². The van der Waals surface area contributed by atoms with Gasteiger partial charge in [0, 0.05) is 29.4 Å². The predicted molar refractivity (Wildman–Crippen MR) is 80.0 cm³/mol. The minimum atomic E-state index is -0.977. The monoisotopic (exact) mass is 293 g/mol. The number of thiophene rings is 1. The van der Waals surface area contributed by atoms with Crippen molar-refractivity contribution in [2.24, 2.45) is 0 Å². The molecule has 1 aromatic heterocycles. The Hall–Kier alpha value is -1.62. The Morgan fingerprint density at radius 1 is 1.15 bits per heavy atom. The second-order valence-electron chi connectivity index (χ2n) is 4.97. The molecule has 1 aromatic rings. The van der Waals surface area contributed by atoms with Gasteiger partial charge in [-0.3, -0.25) is 4.79 Å². The molecule has 0 bridgehead atoms. The van der Waals surface area contributed by atoms with E-state index >= 15 is 0 Å². The molecule has 2 rings (SSSR count). The molecule has 1 aliphatic rings. The molecule has 1 saturated heterocycles. The molecule has 0 aromatic carbocycles. The first-order chi connectivity index (χ1) is 9.66. The molecule has 0 radical (unpaired) electrons. The summed E-state index contributed by atoms with van der Waals surface area (Å²) in [7, 11) is 0. The maximum absolute atomic E-state index is 12.4. The van der Waals surface area contributed by atoms with Gasteiger partial charge in [0.25, 0.3) is 5.91 Å². The maximum Gasteiger partial charge on any atom is 0.328 e. The summed E-state index contributed by atoms with van der Waals surface area (Å²) < 4.78 is 0. The summed E-state index contributed by atoms with van der Waals surface area (Å²) in [6, 6.07) is 1.77. The van der Waals surface area contributed by atoms with Crippen LogP contribution in [0.3, 0.4) is 0 Å². The van der Waals surface area contributed by atoms with Crippen LogP contribution < -0.4 is 0 Å².